The van der Waals surface area contributed by atoms with Crippen LogP contribution in [-0.2, 0) is 120 Å². The summed E-state index contributed by atoms with van der Waals surface area (Å²) in [6.07, 6.45) is 9.11. The van der Waals surface area contributed by atoms with Crippen LogP contribution in [0.3, 0.4) is 0 Å². The Morgan fingerprint density at radius 2 is 0.549 bits per heavy atom. The first-order chi connectivity index (χ1) is 69.2. The predicted molar refractivity (Wildman–Crippen MR) is 503 cm³/mol. The van der Waals surface area contributed by atoms with Crippen molar-refractivity contribution in [3.05, 3.63) is 168 Å². The first-order valence-electron chi connectivity index (χ1n) is 47.7. The van der Waals surface area contributed by atoms with Gasteiger partial charge in [0.15, 0.2) is 0 Å². The standard InChI is InChI=1S/C30H45N5O13S.C30H45N5O13.C29H43N5O13/c36-27(33-16-8-12-26(33)29(39)45-19-21-49-22-20-48-35(43)44)24(32-25(28(37)38)14-13-23-9-2-1-3-10-23)11-4-5-15-31-30(40)46-17-6-7-18-47-34(41)42;36-27(33-18-10-14-26(33)29(39)45-19-6-8-21-47-34(41)42)24(32-25(28(37)38)16-15-23-11-2-1-3-12-23)13-4-5-17-31-30(40)46-20-7-9-22-48-35(43)44;35-26(32-17-8-13-25(32)28(38)44-19-9-21-47-34(42)43)23(31-24(27(36)37)15-14-22-10-2-1-3-11-22)12-4-5-16-30-29(39)45-18-6-7-20-46-33(40)41/h1-3,9-10,24-26,32H,4-8,11-22H2,(H,31,40)(H,37,38);1-3,11-12,24-26,32H,4-10,13-22H2,(H,31,40)(H,37,38);1-3,10-11,23-25,31H,4-9,12-21H2,(H,30,39)(H,36,37). The van der Waals surface area contributed by atoms with E-state index < -0.39 is 157 Å². The maximum atomic E-state index is 13.9. The second kappa shape index (κ2) is 74.1. The summed E-state index contributed by atoms with van der Waals surface area (Å²) < 4.78 is 31.0. The number of carbonyl (C=O) groups is 12. The largest absolute Gasteiger partial charge is 0.480 e. The molecule has 0 saturated carbocycles. The molecule has 3 saturated heterocycles. The Morgan fingerprint density at radius 1 is 0.306 bits per heavy atom. The number of carboxylic acids is 3. The van der Waals surface area contributed by atoms with Gasteiger partial charge in [0.05, 0.1) is 84.2 Å². The van der Waals surface area contributed by atoms with E-state index in [9.17, 15) is 134 Å². The van der Waals surface area contributed by atoms with Gasteiger partial charge in [0.2, 0.25) is 17.7 Å². The third-order valence-corrected chi connectivity index (χ3v) is 23.1. The van der Waals surface area contributed by atoms with Gasteiger partial charge in [-0.15, -0.1) is 60.7 Å². The summed E-state index contributed by atoms with van der Waals surface area (Å²) >= 11 is 1.31. The van der Waals surface area contributed by atoms with E-state index in [1.807, 2.05) is 91.0 Å². The van der Waals surface area contributed by atoms with Crippen LogP contribution in [0.5, 0.6) is 0 Å². The quantitative estimate of drug-likeness (QED) is 0.00914. The molecule has 3 aliphatic rings. The van der Waals surface area contributed by atoms with Crippen LogP contribution < -0.4 is 31.9 Å². The van der Waals surface area contributed by atoms with E-state index in [2.05, 4.69) is 60.9 Å². The number of alkyl carbamates (subject to hydrolysis) is 3. The number of rotatable bonds is 75. The van der Waals surface area contributed by atoms with Crippen molar-refractivity contribution in [2.75, 3.05) is 130 Å². The van der Waals surface area contributed by atoms with Crippen molar-refractivity contribution in [2.24, 2.45) is 0 Å². The summed E-state index contributed by atoms with van der Waals surface area (Å²) in [5.74, 6) is -5.71. The van der Waals surface area contributed by atoms with Crippen molar-refractivity contribution in [3.63, 3.8) is 0 Å². The van der Waals surface area contributed by atoms with E-state index in [0.717, 1.165) is 16.7 Å². The van der Waals surface area contributed by atoms with E-state index in [1.165, 1.54) is 26.5 Å². The number of carboxylic acid groups (broad SMARTS) is 3. The summed E-state index contributed by atoms with van der Waals surface area (Å²) in [6, 6.07) is 19.6. The van der Waals surface area contributed by atoms with Gasteiger partial charge >= 0.3 is 54.1 Å². The van der Waals surface area contributed by atoms with Gasteiger partial charge < -0.3 is 103 Å². The molecule has 6 amide bonds. The minimum absolute atomic E-state index is 0.00609. The molecule has 3 aliphatic heterocycles. The van der Waals surface area contributed by atoms with E-state index in [4.69, 9.17) is 28.4 Å². The molecule has 0 aromatic heterocycles. The highest BCUT2D eigenvalue weighted by atomic mass is 32.2. The van der Waals surface area contributed by atoms with Crippen LogP contribution in [0.25, 0.3) is 0 Å². The van der Waals surface area contributed by atoms with Gasteiger partial charge in [-0.1, -0.05) is 91.0 Å². The first-order valence-corrected chi connectivity index (χ1v) is 48.8. The highest BCUT2D eigenvalue weighted by Gasteiger charge is 2.43. The fraction of sp³-hybridized carbons (Fsp3) is 0.663. The zero-order chi connectivity index (χ0) is 105. The average Bonchev–Trinajstić information content (AvgIpc) is 1.70. The monoisotopic (exact) mass is 2070 g/mol. The van der Waals surface area contributed by atoms with Gasteiger partial charge in [-0.25, -0.2) is 28.8 Å². The average molecular weight is 2070 g/mol. The number of amides is 6. The van der Waals surface area contributed by atoms with Crippen molar-refractivity contribution >= 4 is 83.6 Å². The molecular formula is C89H133N15O39S. The molecule has 9 atom stereocenters. The molecular weight excluding hydrogens is 1940 g/mol. The van der Waals surface area contributed by atoms with Crippen LogP contribution in [0.15, 0.2) is 91.0 Å². The van der Waals surface area contributed by atoms with Crippen molar-refractivity contribution in [2.45, 2.75) is 247 Å². The number of esters is 3. The maximum Gasteiger partial charge on any atom is 0.407 e. The lowest BCUT2D eigenvalue weighted by Crippen LogP contribution is -2.54. The Labute approximate surface area is 832 Å². The summed E-state index contributed by atoms with van der Waals surface area (Å²) in [6.45, 7) is 0.919. The van der Waals surface area contributed by atoms with E-state index in [1.54, 1.807) is 0 Å². The highest BCUT2D eigenvalue weighted by molar-refractivity contribution is 7.99. The number of likely N-dealkylation sites (tertiary alicyclic amines) is 3. The van der Waals surface area contributed by atoms with Gasteiger partial charge in [0, 0.05) is 57.2 Å². The summed E-state index contributed by atoms with van der Waals surface area (Å²) in [5, 5.41) is 103. The number of ether oxygens (including phenoxy) is 6. The van der Waals surface area contributed by atoms with Crippen molar-refractivity contribution in [3.8, 4) is 0 Å². The van der Waals surface area contributed by atoms with Crippen molar-refractivity contribution < 1.29 is 161 Å². The van der Waals surface area contributed by atoms with Crippen LogP contribution >= 0.6 is 11.8 Å². The molecule has 3 aromatic carbocycles. The zero-order valence-corrected chi connectivity index (χ0v) is 81.0. The fourth-order valence-electron chi connectivity index (χ4n) is 15.0. The SMILES string of the molecule is O=C(NCCCCC(NC(CCc1ccccc1)C(=O)O)C(=O)N1CCCC1C(=O)OCCCCO[N+](=O)[O-])OCCCCO[N+](=O)[O-].O=C(NCCCCC(NC(CCc1ccccc1)C(=O)O)C(=O)N1CCCC1C(=O)OCCCO[N+](=O)[O-])OCCCCO[N+](=O)[O-].O=C(NCCCCC(NC(CCc1ccccc1)C(=O)O)C(=O)N1CCCC1C(=O)OCCSCCO[N+](=O)[O-])OCCCCO[N+](=O)[O-]. The van der Waals surface area contributed by atoms with Crippen molar-refractivity contribution in [1.29, 1.82) is 0 Å². The van der Waals surface area contributed by atoms with Gasteiger partial charge in [0.1, 0.15) is 49.5 Å². The number of thioether (sulfide) groups is 1. The lowest BCUT2D eigenvalue weighted by Gasteiger charge is -2.30. The molecule has 9 N–H and O–H groups in total. The maximum absolute atomic E-state index is 13.9. The number of benzene rings is 3. The van der Waals surface area contributed by atoms with Crippen molar-refractivity contribution in [1.82, 2.24) is 46.6 Å². The Kier molecular flexibility index (Phi) is 63.0. The minimum atomic E-state index is -1.12. The van der Waals surface area contributed by atoms with E-state index in [0.29, 0.717) is 172 Å². The number of hydrogen-bond donors (Lipinski definition) is 9. The molecule has 3 heterocycles. The van der Waals surface area contributed by atoms with Gasteiger partial charge in [-0.3, -0.25) is 44.7 Å². The van der Waals surface area contributed by atoms with Gasteiger partial charge in [-0.2, -0.15) is 11.8 Å². The number of nitrogens with zero attached hydrogens (tertiary/aromatic N) is 9. The second-order valence-corrected chi connectivity index (χ2v) is 34.0. The summed E-state index contributed by atoms with van der Waals surface area (Å²) in [5.41, 5.74) is 2.84. The zero-order valence-electron chi connectivity index (χ0n) is 80.2. The molecule has 9 unspecified atom stereocenters. The highest BCUT2D eigenvalue weighted by Crippen LogP contribution is 2.27. The lowest BCUT2D eigenvalue weighted by molar-refractivity contribution is -0.757. The second-order valence-electron chi connectivity index (χ2n) is 32.8. The molecule has 3 fully saturated rings. The molecule has 144 heavy (non-hydrogen) atoms. The molecule has 6 rings (SSSR count). The Hall–Kier alpha value is -13.9. The summed E-state index contributed by atoms with van der Waals surface area (Å²) in [4.78, 5) is 243. The predicted octanol–water partition coefficient (Wildman–Crippen LogP) is 6.88. The molecule has 804 valence electrons. The molecule has 0 aliphatic carbocycles. The third-order valence-electron chi connectivity index (χ3n) is 22.2. The minimum Gasteiger partial charge on any atom is -0.480 e. The molecule has 55 heteroatoms. The van der Waals surface area contributed by atoms with E-state index >= 15 is 0 Å². The number of hydrogen-bond acceptors (Lipinski definition) is 40. The summed E-state index contributed by atoms with van der Waals surface area (Å²) in [7, 11) is 0. The number of carbonyl (C=O) groups excluding carboxylic acids is 9. The first kappa shape index (κ1) is 122. The van der Waals surface area contributed by atoms with Crippen LogP contribution in [-0.4, -0.2) is 317 Å². The number of nitrogens with one attached hydrogen (secondary N) is 6. The fourth-order valence-corrected chi connectivity index (χ4v) is 15.6. The Morgan fingerprint density at radius 3 is 0.826 bits per heavy atom. The molecule has 0 bridgehead atoms. The smallest absolute Gasteiger partial charge is 0.407 e. The molecule has 3 aromatic rings. The van der Waals surface area contributed by atoms with Gasteiger partial charge in [-0.05, 0) is 203 Å². The van der Waals surface area contributed by atoms with Crippen LogP contribution in [0.2, 0.25) is 0 Å². The van der Waals surface area contributed by atoms with Crippen LogP contribution in [0.1, 0.15) is 190 Å². The van der Waals surface area contributed by atoms with Gasteiger partial charge in [0.25, 0.3) is 30.5 Å². The Bertz CT molecular complexity index is 4380. The van der Waals surface area contributed by atoms with Crippen LogP contribution in [0.4, 0.5) is 14.4 Å². The number of aryl methyl sites for hydroxylation is 3. The number of unbranched alkanes of at least 4 members (excludes halogenated alkanes) is 7. The normalized spacial score (nSPS) is 15.2. The van der Waals surface area contributed by atoms with E-state index in [-0.39, 0.29) is 150 Å². The third kappa shape index (κ3) is 55.5. The lowest BCUT2D eigenvalue weighted by atomic mass is 10.0. The number of aliphatic carboxylic acids is 3. The Balaban J connectivity index is 0.000000450. The van der Waals surface area contributed by atoms with Crippen LogP contribution in [0, 0.1) is 60.7 Å². The topological polar surface area (TPSA) is 717 Å². The molecule has 0 radical (unpaired) electrons. The molecule has 0 spiro atoms. The molecule has 54 nitrogen and oxygen atoms in total.